The zero-order valence-electron chi connectivity index (χ0n) is 16.4. The fourth-order valence-corrected chi connectivity index (χ4v) is 4.30. The van der Waals surface area contributed by atoms with Crippen LogP contribution in [0.4, 0.5) is 4.39 Å². The Morgan fingerprint density at radius 2 is 1.75 bits per heavy atom. The Labute approximate surface area is 165 Å². The quantitative estimate of drug-likeness (QED) is 0.689. The van der Waals surface area contributed by atoms with Gasteiger partial charge in [-0.3, -0.25) is 4.79 Å². The largest absolute Gasteiger partial charge is 0.339 e. The van der Waals surface area contributed by atoms with E-state index in [-0.39, 0.29) is 11.7 Å². The molecule has 0 atom stereocenters. The minimum Gasteiger partial charge on any atom is -0.339 e. The van der Waals surface area contributed by atoms with Crippen LogP contribution in [0.2, 0.25) is 0 Å². The number of aromatic nitrogens is 2. The van der Waals surface area contributed by atoms with Crippen LogP contribution in [0.25, 0.3) is 11.4 Å². The predicted molar refractivity (Wildman–Crippen MR) is 104 cm³/mol. The molecule has 0 unspecified atom stereocenters. The molecule has 150 valence electrons. The standard InChI is InChI=1S/C22H28FN3O2/c1-2-15-3-9-18(10-4-15)26(19-11-12-19)21(27)14-13-20-24-22(25-28-20)16-5-7-17(23)8-6-16/h5-8,15,18-19H,2-4,9-14H2,1H3. The van der Waals surface area contributed by atoms with E-state index < -0.39 is 0 Å². The van der Waals surface area contributed by atoms with Gasteiger partial charge in [0.05, 0.1) is 0 Å². The maximum atomic E-state index is 13.1. The van der Waals surface area contributed by atoms with Crippen molar-refractivity contribution in [2.75, 3.05) is 0 Å². The SMILES string of the molecule is CCC1CCC(N(C(=O)CCc2nc(-c3ccc(F)cc3)no2)C2CC2)CC1. The molecule has 4 rings (SSSR count). The maximum Gasteiger partial charge on any atom is 0.227 e. The van der Waals surface area contributed by atoms with Crippen molar-refractivity contribution in [2.24, 2.45) is 5.92 Å². The van der Waals surface area contributed by atoms with Gasteiger partial charge in [0, 0.05) is 30.5 Å². The van der Waals surface area contributed by atoms with Gasteiger partial charge in [-0.2, -0.15) is 4.98 Å². The van der Waals surface area contributed by atoms with Crippen molar-refractivity contribution in [3.63, 3.8) is 0 Å². The lowest BCUT2D eigenvalue weighted by Gasteiger charge is -2.37. The topological polar surface area (TPSA) is 59.2 Å². The molecule has 0 aliphatic heterocycles. The molecule has 2 aliphatic rings. The molecule has 0 bridgehead atoms. The van der Waals surface area contributed by atoms with Crippen molar-refractivity contribution < 1.29 is 13.7 Å². The average Bonchev–Trinajstić information content (AvgIpc) is 3.44. The normalized spacial score (nSPS) is 22.2. The summed E-state index contributed by atoms with van der Waals surface area (Å²) in [6.45, 7) is 2.26. The summed E-state index contributed by atoms with van der Waals surface area (Å²) in [6.07, 6.45) is 9.10. The molecule has 0 spiro atoms. The molecule has 5 nitrogen and oxygen atoms in total. The number of benzene rings is 1. The molecule has 1 aromatic heterocycles. The lowest BCUT2D eigenvalue weighted by atomic mass is 9.83. The lowest BCUT2D eigenvalue weighted by Crippen LogP contribution is -2.44. The Kier molecular flexibility index (Phi) is 5.74. The Morgan fingerprint density at radius 3 is 2.36 bits per heavy atom. The van der Waals surface area contributed by atoms with E-state index in [4.69, 9.17) is 4.52 Å². The van der Waals surface area contributed by atoms with Gasteiger partial charge in [0.2, 0.25) is 17.6 Å². The van der Waals surface area contributed by atoms with Crippen LogP contribution in [0, 0.1) is 11.7 Å². The Morgan fingerprint density at radius 1 is 1.11 bits per heavy atom. The molecule has 1 aromatic carbocycles. The third kappa shape index (κ3) is 4.42. The van der Waals surface area contributed by atoms with E-state index in [2.05, 4.69) is 22.0 Å². The molecular weight excluding hydrogens is 357 g/mol. The number of nitrogens with zero attached hydrogens (tertiary/aromatic N) is 3. The van der Waals surface area contributed by atoms with Crippen LogP contribution in [0.3, 0.4) is 0 Å². The van der Waals surface area contributed by atoms with Gasteiger partial charge in [0.1, 0.15) is 5.82 Å². The van der Waals surface area contributed by atoms with Gasteiger partial charge >= 0.3 is 0 Å². The van der Waals surface area contributed by atoms with E-state index in [9.17, 15) is 9.18 Å². The molecule has 2 saturated carbocycles. The van der Waals surface area contributed by atoms with Crippen molar-refractivity contribution >= 4 is 5.91 Å². The molecule has 1 amide bonds. The summed E-state index contributed by atoms with van der Waals surface area (Å²) in [6, 6.07) is 6.83. The van der Waals surface area contributed by atoms with Gasteiger partial charge in [0.15, 0.2) is 0 Å². The summed E-state index contributed by atoms with van der Waals surface area (Å²) < 4.78 is 18.4. The molecule has 2 fully saturated rings. The van der Waals surface area contributed by atoms with Gasteiger partial charge in [0.25, 0.3) is 0 Å². The van der Waals surface area contributed by atoms with Crippen LogP contribution in [-0.4, -0.2) is 33.0 Å². The summed E-state index contributed by atoms with van der Waals surface area (Å²) in [5, 5.41) is 3.96. The fourth-order valence-electron chi connectivity index (χ4n) is 4.30. The second-order valence-corrected chi connectivity index (χ2v) is 8.13. The van der Waals surface area contributed by atoms with Gasteiger partial charge in [-0.05, 0) is 68.7 Å². The van der Waals surface area contributed by atoms with E-state index >= 15 is 0 Å². The first-order valence-corrected chi connectivity index (χ1v) is 10.5. The second kappa shape index (κ2) is 8.41. The zero-order valence-corrected chi connectivity index (χ0v) is 16.4. The van der Waals surface area contributed by atoms with E-state index in [0.29, 0.717) is 42.2 Å². The first-order chi connectivity index (χ1) is 13.6. The van der Waals surface area contributed by atoms with Crippen molar-refractivity contribution in [3.8, 4) is 11.4 Å². The zero-order chi connectivity index (χ0) is 19.5. The van der Waals surface area contributed by atoms with Gasteiger partial charge in [-0.1, -0.05) is 18.5 Å². The minimum atomic E-state index is -0.300. The predicted octanol–water partition coefficient (Wildman–Crippen LogP) is 4.77. The van der Waals surface area contributed by atoms with Crippen molar-refractivity contribution in [2.45, 2.75) is 76.8 Å². The van der Waals surface area contributed by atoms with Crippen LogP contribution >= 0.6 is 0 Å². The lowest BCUT2D eigenvalue weighted by molar-refractivity contribution is -0.135. The van der Waals surface area contributed by atoms with Crippen LogP contribution < -0.4 is 0 Å². The highest BCUT2D eigenvalue weighted by Crippen LogP contribution is 2.36. The minimum absolute atomic E-state index is 0.212. The summed E-state index contributed by atoms with van der Waals surface area (Å²) in [5.74, 6) is 1.63. The molecule has 0 radical (unpaired) electrons. The summed E-state index contributed by atoms with van der Waals surface area (Å²) in [5.41, 5.74) is 0.704. The van der Waals surface area contributed by atoms with E-state index in [0.717, 1.165) is 31.6 Å². The number of rotatable bonds is 7. The summed E-state index contributed by atoms with van der Waals surface area (Å²) >= 11 is 0. The monoisotopic (exact) mass is 385 g/mol. The highest BCUT2D eigenvalue weighted by molar-refractivity contribution is 5.77. The second-order valence-electron chi connectivity index (χ2n) is 8.13. The van der Waals surface area contributed by atoms with E-state index in [1.165, 1.54) is 31.4 Å². The van der Waals surface area contributed by atoms with Crippen LogP contribution in [-0.2, 0) is 11.2 Å². The molecule has 2 aliphatic carbocycles. The fraction of sp³-hybridized carbons (Fsp3) is 0.591. The number of carbonyl (C=O) groups excluding carboxylic acids is 1. The number of hydrogen-bond acceptors (Lipinski definition) is 4. The first-order valence-electron chi connectivity index (χ1n) is 10.5. The molecule has 6 heteroatoms. The number of amides is 1. The van der Waals surface area contributed by atoms with E-state index in [1.54, 1.807) is 12.1 Å². The third-order valence-electron chi connectivity index (χ3n) is 6.14. The Bertz CT molecular complexity index is 792. The van der Waals surface area contributed by atoms with Crippen molar-refractivity contribution in [1.82, 2.24) is 15.0 Å². The molecule has 1 heterocycles. The maximum absolute atomic E-state index is 13.1. The Balaban J connectivity index is 1.34. The highest BCUT2D eigenvalue weighted by Gasteiger charge is 2.38. The summed E-state index contributed by atoms with van der Waals surface area (Å²) in [7, 11) is 0. The van der Waals surface area contributed by atoms with Gasteiger partial charge in [-0.25, -0.2) is 4.39 Å². The van der Waals surface area contributed by atoms with Crippen molar-refractivity contribution in [3.05, 3.63) is 36.0 Å². The number of carbonyl (C=O) groups is 1. The first kappa shape index (κ1) is 19.1. The van der Waals surface area contributed by atoms with Crippen LogP contribution in [0.5, 0.6) is 0 Å². The highest BCUT2D eigenvalue weighted by atomic mass is 19.1. The molecule has 0 saturated heterocycles. The molecular formula is C22H28FN3O2. The molecule has 2 aromatic rings. The number of aryl methyl sites for hydroxylation is 1. The van der Waals surface area contributed by atoms with Crippen LogP contribution in [0.1, 0.15) is 64.2 Å². The van der Waals surface area contributed by atoms with Gasteiger partial charge < -0.3 is 9.42 Å². The molecule has 28 heavy (non-hydrogen) atoms. The van der Waals surface area contributed by atoms with E-state index in [1.807, 2.05) is 0 Å². The third-order valence-corrected chi connectivity index (χ3v) is 6.14. The smallest absolute Gasteiger partial charge is 0.227 e. The number of halogens is 1. The average molecular weight is 385 g/mol. The number of hydrogen-bond donors (Lipinski definition) is 0. The van der Waals surface area contributed by atoms with Crippen molar-refractivity contribution in [1.29, 1.82) is 0 Å². The Hall–Kier alpha value is -2.24. The summed E-state index contributed by atoms with van der Waals surface area (Å²) in [4.78, 5) is 19.5. The molecule has 0 N–H and O–H groups in total. The van der Waals surface area contributed by atoms with Gasteiger partial charge in [-0.15, -0.1) is 0 Å². The van der Waals surface area contributed by atoms with Crippen LogP contribution in [0.15, 0.2) is 28.8 Å².